The lowest BCUT2D eigenvalue weighted by Gasteiger charge is -2.19. The van der Waals surface area contributed by atoms with Crippen LogP contribution in [0.25, 0.3) is 16.9 Å². The van der Waals surface area contributed by atoms with Crippen molar-refractivity contribution in [1.29, 1.82) is 0 Å². The van der Waals surface area contributed by atoms with Gasteiger partial charge in [0.1, 0.15) is 22.9 Å². The zero-order valence-electron chi connectivity index (χ0n) is 23.5. The third-order valence-corrected chi connectivity index (χ3v) is 7.30. The van der Waals surface area contributed by atoms with E-state index in [0.29, 0.717) is 23.0 Å². The summed E-state index contributed by atoms with van der Waals surface area (Å²) in [5.74, 6) is 0.326. The maximum Gasteiger partial charge on any atom is 0.360 e. The summed E-state index contributed by atoms with van der Waals surface area (Å²) in [5, 5.41) is 4.53. The average Bonchev–Trinajstić information content (AvgIpc) is 3.65. The summed E-state index contributed by atoms with van der Waals surface area (Å²) in [4.78, 5) is 12.7. The van der Waals surface area contributed by atoms with E-state index in [0.717, 1.165) is 36.9 Å². The fourth-order valence-corrected chi connectivity index (χ4v) is 5.41. The Morgan fingerprint density at radius 2 is 1.49 bits per heavy atom. The van der Waals surface area contributed by atoms with E-state index in [4.69, 9.17) is 14.2 Å². The van der Waals surface area contributed by atoms with Crippen LogP contribution in [0.4, 0.5) is 5.69 Å². The van der Waals surface area contributed by atoms with Crippen molar-refractivity contribution in [3.05, 3.63) is 89.6 Å². The van der Waals surface area contributed by atoms with Gasteiger partial charge in [0.2, 0.25) is 0 Å². The van der Waals surface area contributed by atoms with Crippen LogP contribution >= 0.6 is 0 Å². The maximum atomic E-state index is 12.7. The first-order valence-electron chi connectivity index (χ1n) is 13.2. The minimum absolute atomic E-state index is 0.149. The van der Waals surface area contributed by atoms with Crippen LogP contribution in [0.15, 0.2) is 77.2 Å². The SMILES string of the molecule is COC(=O)c1nn(-c2ccccc2C2CCCC2)c(-c2c(OC)cccc2OC)c1N=S(=O)=O.Cc1ccccc1. The number of benzene rings is 3. The molecule has 10 heteroatoms. The fraction of sp³-hybridized carbons (Fsp3) is 0.290. The lowest BCUT2D eigenvalue weighted by molar-refractivity contribution is 0.0594. The molecule has 9 nitrogen and oxygen atoms in total. The number of rotatable bonds is 7. The fourth-order valence-electron chi connectivity index (χ4n) is 5.09. The standard InChI is InChI=1S/C24H25N3O6S.C7H8/c1-31-18-13-8-14-19(32-2)20(18)23-21(26-34(29)30)22(24(28)33-3)25-27(23)17-12-7-6-11-16(17)15-9-4-5-10-15;1-7-5-3-2-4-6-7/h6-8,11-15H,4-5,9-10H2,1-3H3;2-6H,1H3. The molecule has 1 aliphatic carbocycles. The van der Waals surface area contributed by atoms with E-state index < -0.39 is 16.5 Å². The number of ether oxygens (including phenoxy) is 3. The first kappa shape index (κ1) is 29.5. The van der Waals surface area contributed by atoms with Gasteiger partial charge in [-0.1, -0.05) is 73.0 Å². The Labute approximate surface area is 241 Å². The molecule has 1 heterocycles. The summed E-state index contributed by atoms with van der Waals surface area (Å²) >= 11 is 0. The third-order valence-electron chi connectivity index (χ3n) is 6.97. The zero-order chi connectivity index (χ0) is 29.4. The minimum Gasteiger partial charge on any atom is -0.496 e. The molecule has 0 amide bonds. The second-order valence-corrected chi connectivity index (χ2v) is 10.1. The van der Waals surface area contributed by atoms with Gasteiger partial charge in [-0.15, -0.1) is 4.36 Å². The molecule has 0 bridgehead atoms. The van der Waals surface area contributed by atoms with E-state index in [1.807, 2.05) is 42.5 Å². The number of carbonyl (C=O) groups is 1. The van der Waals surface area contributed by atoms with E-state index in [9.17, 15) is 13.2 Å². The monoisotopic (exact) mass is 575 g/mol. The predicted octanol–water partition coefficient (Wildman–Crippen LogP) is 6.69. The van der Waals surface area contributed by atoms with Gasteiger partial charge in [-0.2, -0.15) is 13.5 Å². The summed E-state index contributed by atoms with van der Waals surface area (Å²) in [7, 11) is 1.33. The average molecular weight is 576 g/mol. The number of aryl methyl sites for hydroxylation is 1. The molecule has 1 aromatic heterocycles. The van der Waals surface area contributed by atoms with Crippen molar-refractivity contribution in [2.24, 2.45) is 4.36 Å². The molecular formula is C31H33N3O6S. The van der Waals surface area contributed by atoms with E-state index >= 15 is 0 Å². The van der Waals surface area contributed by atoms with Crippen molar-refractivity contribution in [3.63, 3.8) is 0 Å². The van der Waals surface area contributed by atoms with Gasteiger partial charge in [-0.3, -0.25) is 0 Å². The highest BCUT2D eigenvalue weighted by Crippen LogP contribution is 2.46. The summed E-state index contributed by atoms with van der Waals surface area (Å²) in [6.45, 7) is 2.08. The Balaban J connectivity index is 0.000000483. The second-order valence-electron chi connectivity index (χ2n) is 9.49. The van der Waals surface area contributed by atoms with E-state index in [2.05, 4.69) is 28.5 Å². The van der Waals surface area contributed by atoms with Gasteiger partial charge in [-0.05, 0) is 49.4 Å². The summed E-state index contributed by atoms with van der Waals surface area (Å²) in [5.41, 5.74) is 3.40. The first-order chi connectivity index (χ1) is 19.9. The quantitative estimate of drug-likeness (QED) is 0.226. The molecule has 0 saturated heterocycles. The maximum absolute atomic E-state index is 12.7. The van der Waals surface area contributed by atoms with Gasteiger partial charge >= 0.3 is 16.5 Å². The van der Waals surface area contributed by atoms with Crippen molar-refractivity contribution in [2.45, 2.75) is 38.5 Å². The van der Waals surface area contributed by atoms with Crippen LogP contribution in [-0.2, 0) is 15.2 Å². The third kappa shape index (κ3) is 6.66. The van der Waals surface area contributed by atoms with Gasteiger partial charge in [0.15, 0.2) is 5.69 Å². The largest absolute Gasteiger partial charge is 0.496 e. The second kappa shape index (κ2) is 13.8. The number of esters is 1. The molecule has 1 saturated carbocycles. The van der Waals surface area contributed by atoms with Crippen molar-refractivity contribution in [1.82, 2.24) is 9.78 Å². The molecule has 5 rings (SSSR count). The Morgan fingerprint density at radius 1 is 0.878 bits per heavy atom. The highest BCUT2D eigenvalue weighted by Gasteiger charge is 2.31. The van der Waals surface area contributed by atoms with Crippen molar-refractivity contribution >= 4 is 22.2 Å². The molecule has 0 radical (unpaired) electrons. The molecule has 1 fully saturated rings. The molecule has 0 spiro atoms. The van der Waals surface area contributed by atoms with Gasteiger partial charge < -0.3 is 14.2 Å². The number of hydrogen-bond donors (Lipinski definition) is 0. The van der Waals surface area contributed by atoms with Crippen molar-refractivity contribution in [3.8, 4) is 28.4 Å². The number of methoxy groups -OCH3 is 3. The molecule has 3 aromatic carbocycles. The number of carbonyl (C=O) groups excluding carboxylic acids is 1. The predicted molar refractivity (Wildman–Crippen MR) is 157 cm³/mol. The van der Waals surface area contributed by atoms with Crippen molar-refractivity contribution in [2.75, 3.05) is 21.3 Å². The molecular weight excluding hydrogens is 542 g/mol. The Bertz CT molecular complexity index is 1610. The lowest BCUT2D eigenvalue weighted by atomic mass is 9.95. The van der Waals surface area contributed by atoms with Crippen LogP contribution in [0.2, 0.25) is 0 Å². The number of para-hydroxylation sites is 1. The molecule has 0 atom stereocenters. The molecule has 1 aliphatic rings. The number of nitrogens with zero attached hydrogens (tertiary/aromatic N) is 3. The minimum atomic E-state index is -2.86. The van der Waals surface area contributed by atoms with Gasteiger partial charge in [0.05, 0.1) is 32.6 Å². The number of hydrogen-bond acceptors (Lipinski definition) is 8. The van der Waals surface area contributed by atoms with Crippen LogP contribution in [0, 0.1) is 6.92 Å². The van der Waals surface area contributed by atoms with Crippen molar-refractivity contribution < 1.29 is 27.4 Å². The summed E-state index contributed by atoms with van der Waals surface area (Å²) in [6, 6.07) is 23.2. The zero-order valence-corrected chi connectivity index (χ0v) is 24.3. The summed E-state index contributed by atoms with van der Waals surface area (Å²) < 4.78 is 44.8. The van der Waals surface area contributed by atoms with Crippen LogP contribution in [0.5, 0.6) is 11.5 Å². The van der Waals surface area contributed by atoms with Crippen LogP contribution in [0.3, 0.4) is 0 Å². The summed E-state index contributed by atoms with van der Waals surface area (Å²) in [6.07, 6.45) is 4.34. The topological polar surface area (TPSA) is 109 Å². The normalized spacial score (nSPS) is 12.7. The highest BCUT2D eigenvalue weighted by molar-refractivity contribution is 7.61. The van der Waals surface area contributed by atoms with Crippen LogP contribution < -0.4 is 9.47 Å². The van der Waals surface area contributed by atoms with Gasteiger partial charge in [0.25, 0.3) is 0 Å². The van der Waals surface area contributed by atoms with Gasteiger partial charge in [0, 0.05) is 0 Å². The Morgan fingerprint density at radius 3 is 2.02 bits per heavy atom. The molecule has 0 N–H and O–H groups in total. The van der Waals surface area contributed by atoms with Crippen LogP contribution in [0.1, 0.15) is 53.2 Å². The molecule has 0 aliphatic heterocycles. The van der Waals surface area contributed by atoms with E-state index in [-0.39, 0.29) is 17.1 Å². The Hall–Kier alpha value is -4.44. The van der Waals surface area contributed by atoms with E-state index in [1.54, 1.807) is 22.9 Å². The van der Waals surface area contributed by atoms with Crippen LogP contribution in [-0.4, -0.2) is 45.5 Å². The first-order valence-corrected chi connectivity index (χ1v) is 14.3. The lowest BCUT2D eigenvalue weighted by Crippen LogP contribution is -2.08. The number of aromatic nitrogens is 2. The molecule has 4 aromatic rings. The highest BCUT2D eigenvalue weighted by atomic mass is 32.2. The van der Waals surface area contributed by atoms with Gasteiger partial charge in [-0.25, -0.2) is 9.48 Å². The smallest absolute Gasteiger partial charge is 0.360 e. The van der Waals surface area contributed by atoms with E-state index in [1.165, 1.54) is 26.9 Å². The molecule has 41 heavy (non-hydrogen) atoms. The Kier molecular flexibility index (Phi) is 9.91. The molecule has 214 valence electrons. The molecule has 0 unspecified atom stereocenters.